The molecule has 0 saturated carbocycles. The van der Waals surface area contributed by atoms with Gasteiger partial charge in [-0.3, -0.25) is 0 Å². The number of rotatable bonds is 7. The highest BCUT2D eigenvalue weighted by atomic mass is 15.1. The van der Waals surface area contributed by atoms with Crippen LogP contribution in [0, 0.1) is 0 Å². The lowest BCUT2D eigenvalue weighted by molar-refractivity contribution is 1.18. The number of hydrogen-bond donors (Lipinski definition) is 0. The Kier molecular flexibility index (Phi) is 7.82. The van der Waals surface area contributed by atoms with E-state index in [0.717, 1.165) is 22.7 Å². The van der Waals surface area contributed by atoms with Crippen LogP contribution in [0.5, 0.6) is 0 Å². The fourth-order valence-electron chi connectivity index (χ4n) is 8.67. The molecule has 3 nitrogen and oxygen atoms in total. The van der Waals surface area contributed by atoms with Crippen LogP contribution in [0.1, 0.15) is 0 Å². The van der Waals surface area contributed by atoms with Gasteiger partial charge in [0.1, 0.15) is 0 Å². The molecule has 0 aliphatic rings. The zero-order valence-corrected chi connectivity index (χ0v) is 31.2. The molecule has 0 aliphatic carbocycles. The molecule has 0 aliphatic heterocycles. The fraction of sp³-hybridized carbons (Fsp3) is 0. The third kappa shape index (κ3) is 5.60. The van der Waals surface area contributed by atoms with Crippen molar-refractivity contribution in [3.8, 4) is 33.6 Å². The third-order valence-corrected chi connectivity index (χ3v) is 11.3. The number of nitrogens with zero attached hydrogens (tertiary/aromatic N) is 3. The molecule has 2 heterocycles. The number of para-hydroxylation sites is 5. The summed E-state index contributed by atoms with van der Waals surface area (Å²) in [5.41, 5.74) is 15.2. The number of fused-ring (bicyclic) bond motifs is 6. The summed E-state index contributed by atoms with van der Waals surface area (Å²) >= 11 is 0. The van der Waals surface area contributed by atoms with Gasteiger partial charge in [0.25, 0.3) is 0 Å². The van der Waals surface area contributed by atoms with E-state index in [0.29, 0.717) is 0 Å². The van der Waals surface area contributed by atoms with Gasteiger partial charge < -0.3 is 14.0 Å². The smallest absolute Gasteiger partial charge is 0.0541 e. The maximum Gasteiger partial charge on any atom is 0.0541 e. The minimum absolute atomic E-state index is 1.11. The van der Waals surface area contributed by atoms with Crippen LogP contribution in [-0.4, -0.2) is 9.13 Å². The molecule has 57 heavy (non-hydrogen) atoms. The Morgan fingerprint density at radius 2 is 0.614 bits per heavy atom. The molecule has 0 spiro atoms. The van der Waals surface area contributed by atoms with E-state index in [9.17, 15) is 0 Å². The van der Waals surface area contributed by atoms with Gasteiger partial charge in [-0.05, 0) is 125 Å². The van der Waals surface area contributed by atoms with Crippen LogP contribution < -0.4 is 4.90 Å². The highest BCUT2D eigenvalue weighted by molar-refractivity contribution is 6.13. The highest BCUT2D eigenvalue weighted by Crippen LogP contribution is 2.41. The summed E-state index contributed by atoms with van der Waals surface area (Å²) < 4.78 is 4.78. The number of aromatic nitrogens is 2. The van der Waals surface area contributed by atoms with Gasteiger partial charge in [0, 0.05) is 50.0 Å². The average Bonchev–Trinajstić information content (AvgIpc) is 3.80. The predicted molar refractivity (Wildman–Crippen MR) is 241 cm³/mol. The number of benzene rings is 9. The summed E-state index contributed by atoms with van der Waals surface area (Å²) in [6.45, 7) is 0. The summed E-state index contributed by atoms with van der Waals surface area (Å²) in [6, 6.07) is 81.1. The highest BCUT2D eigenvalue weighted by Gasteiger charge is 2.18. The van der Waals surface area contributed by atoms with Gasteiger partial charge in [0.2, 0.25) is 0 Å². The molecule has 0 radical (unpaired) electrons. The molecule has 9 aromatic carbocycles. The van der Waals surface area contributed by atoms with Crippen LogP contribution in [0.25, 0.3) is 77.2 Å². The first-order valence-corrected chi connectivity index (χ1v) is 19.5. The molecule has 0 N–H and O–H groups in total. The summed E-state index contributed by atoms with van der Waals surface area (Å²) in [6.07, 6.45) is 0. The number of hydrogen-bond acceptors (Lipinski definition) is 1. The first kappa shape index (κ1) is 32.8. The van der Waals surface area contributed by atoms with Crippen LogP contribution in [0.2, 0.25) is 0 Å². The summed E-state index contributed by atoms with van der Waals surface area (Å²) in [4.78, 5) is 2.32. The zero-order chi connectivity index (χ0) is 37.7. The van der Waals surface area contributed by atoms with Gasteiger partial charge in [-0.1, -0.05) is 121 Å². The van der Waals surface area contributed by atoms with Crippen molar-refractivity contribution in [2.45, 2.75) is 0 Å². The van der Waals surface area contributed by atoms with Gasteiger partial charge in [0.15, 0.2) is 0 Å². The van der Waals surface area contributed by atoms with E-state index in [-0.39, 0.29) is 0 Å². The molecular weight excluding hydrogens is 691 g/mol. The maximum absolute atomic E-state index is 2.40. The molecule has 0 bridgehead atoms. The van der Waals surface area contributed by atoms with E-state index in [1.807, 2.05) is 0 Å². The van der Waals surface area contributed by atoms with E-state index >= 15 is 0 Å². The van der Waals surface area contributed by atoms with Crippen molar-refractivity contribution in [3.05, 3.63) is 224 Å². The fourth-order valence-corrected chi connectivity index (χ4v) is 8.67. The molecule has 0 amide bonds. The third-order valence-electron chi connectivity index (χ3n) is 11.3. The topological polar surface area (TPSA) is 13.1 Å². The average molecular weight is 728 g/mol. The van der Waals surface area contributed by atoms with Crippen molar-refractivity contribution >= 4 is 60.7 Å². The minimum Gasteiger partial charge on any atom is -0.310 e. The van der Waals surface area contributed by atoms with Gasteiger partial charge in [-0.25, -0.2) is 0 Å². The van der Waals surface area contributed by atoms with E-state index in [1.165, 1.54) is 71.6 Å². The Balaban J connectivity index is 1.08. The lowest BCUT2D eigenvalue weighted by Gasteiger charge is -2.26. The Morgan fingerprint density at radius 1 is 0.246 bits per heavy atom. The second-order valence-corrected chi connectivity index (χ2v) is 14.6. The largest absolute Gasteiger partial charge is 0.310 e. The summed E-state index contributed by atoms with van der Waals surface area (Å²) in [7, 11) is 0. The van der Waals surface area contributed by atoms with Gasteiger partial charge in [-0.15, -0.1) is 0 Å². The van der Waals surface area contributed by atoms with Crippen molar-refractivity contribution in [1.82, 2.24) is 9.13 Å². The van der Waals surface area contributed by atoms with Gasteiger partial charge >= 0.3 is 0 Å². The van der Waals surface area contributed by atoms with Crippen molar-refractivity contribution in [3.63, 3.8) is 0 Å². The molecule has 0 saturated heterocycles. The molecule has 2 aromatic heterocycles. The van der Waals surface area contributed by atoms with Crippen molar-refractivity contribution in [2.24, 2.45) is 0 Å². The molecule has 0 unspecified atom stereocenters. The van der Waals surface area contributed by atoms with E-state index in [4.69, 9.17) is 0 Å². The van der Waals surface area contributed by atoms with E-state index in [2.05, 4.69) is 238 Å². The standard InChI is InChI=1S/C54H37N3/c1-5-17-42(18-6-1)55(43-19-7-2-8-20-43)46-25-15-16-38(34-46)39-28-32-53-49(36-39)50-37-41(30-33-54(50)57(53)45-23-11-4-12-24-45)40-29-31-52-48(35-40)47-26-13-14-27-51(47)56(52)44-21-9-3-10-22-44/h1-37H. The predicted octanol–water partition coefficient (Wildman–Crippen LogP) is 14.7. The van der Waals surface area contributed by atoms with Crippen molar-refractivity contribution < 1.29 is 0 Å². The Labute approximate surface area is 331 Å². The lowest BCUT2D eigenvalue weighted by Crippen LogP contribution is -2.09. The Morgan fingerprint density at radius 3 is 1.11 bits per heavy atom. The first-order chi connectivity index (χ1) is 28.3. The zero-order valence-electron chi connectivity index (χ0n) is 31.2. The van der Waals surface area contributed by atoms with E-state index < -0.39 is 0 Å². The normalized spacial score (nSPS) is 11.5. The van der Waals surface area contributed by atoms with Crippen molar-refractivity contribution in [2.75, 3.05) is 4.90 Å². The Bertz CT molecular complexity index is 3180. The van der Waals surface area contributed by atoms with Crippen LogP contribution in [0.3, 0.4) is 0 Å². The van der Waals surface area contributed by atoms with Crippen molar-refractivity contribution in [1.29, 1.82) is 0 Å². The molecule has 268 valence electrons. The van der Waals surface area contributed by atoms with Crippen LogP contribution in [0.4, 0.5) is 17.1 Å². The van der Waals surface area contributed by atoms with Crippen LogP contribution in [-0.2, 0) is 0 Å². The molecule has 3 heteroatoms. The molecule has 0 atom stereocenters. The van der Waals surface area contributed by atoms with Gasteiger partial charge in [-0.2, -0.15) is 0 Å². The summed E-state index contributed by atoms with van der Waals surface area (Å²) in [5, 5.41) is 4.96. The number of anilines is 3. The summed E-state index contributed by atoms with van der Waals surface area (Å²) in [5.74, 6) is 0. The SMILES string of the molecule is c1ccc(N(c2ccccc2)c2cccc(-c3ccc4c(c3)c3cc(-c5ccc6c(c5)c5ccccc5n6-c5ccccc5)ccc3n4-c3ccccc3)c2)cc1. The maximum atomic E-state index is 2.40. The van der Waals surface area contributed by atoms with Crippen LogP contribution >= 0.6 is 0 Å². The molecule has 0 fully saturated rings. The lowest BCUT2D eigenvalue weighted by atomic mass is 9.99. The quantitative estimate of drug-likeness (QED) is 0.159. The second-order valence-electron chi connectivity index (χ2n) is 14.6. The second kappa shape index (κ2) is 13.6. The molecule has 11 rings (SSSR count). The monoisotopic (exact) mass is 727 g/mol. The first-order valence-electron chi connectivity index (χ1n) is 19.5. The molecular formula is C54H37N3. The van der Waals surface area contributed by atoms with Crippen LogP contribution in [0.15, 0.2) is 224 Å². The van der Waals surface area contributed by atoms with E-state index in [1.54, 1.807) is 0 Å². The Hall–Kier alpha value is -7.62. The minimum atomic E-state index is 1.11. The van der Waals surface area contributed by atoms with Gasteiger partial charge in [0.05, 0.1) is 22.1 Å². The molecule has 11 aromatic rings.